The monoisotopic (exact) mass is 301 g/mol. The summed E-state index contributed by atoms with van der Waals surface area (Å²) in [5, 5.41) is 13.4. The van der Waals surface area contributed by atoms with Crippen molar-refractivity contribution >= 4 is 17.2 Å². The Hall–Kier alpha value is -2.29. The second kappa shape index (κ2) is 7.48. The minimum Gasteiger partial charge on any atom is -0.497 e. The summed E-state index contributed by atoms with van der Waals surface area (Å²) in [6.45, 7) is 0.219. The second-order valence-corrected chi connectivity index (χ2v) is 5.07. The first kappa shape index (κ1) is 15.1. The first-order valence-electron chi connectivity index (χ1n) is 6.33. The van der Waals surface area contributed by atoms with Crippen molar-refractivity contribution in [1.82, 2.24) is 5.32 Å². The first-order valence-corrected chi connectivity index (χ1v) is 7.21. The highest BCUT2D eigenvalue weighted by Crippen LogP contribution is 2.16. The molecule has 2 aromatic rings. The molecule has 1 aromatic carbocycles. The molecular weight excluding hydrogens is 286 g/mol. The molecule has 2 rings (SSSR count). The minimum absolute atomic E-state index is 0.164. The van der Waals surface area contributed by atoms with Gasteiger partial charge in [-0.05, 0) is 29.1 Å². The van der Waals surface area contributed by atoms with Crippen LogP contribution in [-0.2, 0) is 6.54 Å². The predicted molar refractivity (Wildman–Crippen MR) is 82.4 cm³/mol. The summed E-state index contributed by atoms with van der Waals surface area (Å²) in [5.74, 6) is 5.94. The van der Waals surface area contributed by atoms with Crippen LogP contribution in [0.2, 0.25) is 0 Å². The Labute approximate surface area is 127 Å². The van der Waals surface area contributed by atoms with Crippen LogP contribution in [0.3, 0.4) is 0 Å². The average Bonchev–Trinajstić information content (AvgIpc) is 2.99. The van der Waals surface area contributed by atoms with Crippen LogP contribution < -0.4 is 10.1 Å². The second-order valence-electron chi connectivity index (χ2n) is 4.15. The number of aliphatic hydroxyl groups is 1. The molecule has 0 fully saturated rings. The zero-order chi connectivity index (χ0) is 15.1. The molecule has 0 bridgehead atoms. The number of carbonyl (C=O) groups excluding carboxylic acids is 1. The molecule has 5 heteroatoms. The number of amides is 1. The average molecular weight is 301 g/mol. The van der Waals surface area contributed by atoms with Gasteiger partial charge < -0.3 is 15.2 Å². The summed E-state index contributed by atoms with van der Waals surface area (Å²) in [5.41, 5.74) is 1.63. The van der Waals surface area contributed by atoms with Crippen molar-refractivity contribution in [1.29, 1.82) is 0 Å². The zero-order valence-corrected chi connectivity index (χ0v) is 12.4. The lowest BCUT2D eigenvalue weighted by Gasteiger charge is -2.05. The Bertz CT molecular complexity index is 665. The Morgan fingerprint density at radius 3 is 2.76 bits per heavy atom. The summed E-state index contributed by atoms with van der Waals surface area (Å²) < 4.78 is 5.09. The van der Waals surface area contributed by atoms with Gasteiger partial charge in [0, 0.05) is 12.1 Å². The predicted octanol–water partition coefficient (Wildman–Crippen LogP) is 2.03. The van der Waals surface area contributed by atoms with Gasteiger partial charge in [-0.15, -0.1) is 11.3 Å². The van der Waals surface area contributed by atoms with Gasteiger partial charge in [0.2, 0.25) is 0 Å². The van der Waals surface area contributed by atoms with Gasteiger partial charge in [-0.2, -0.15) is 0 Å². The van der Waals surface area contributed by atoms with Crippen LogP contribution in [-0.4, -0.2) is 24.7 Å². The van der Waals surface area contributed by atoms with Crippen LogP contribution in [0.5, 0.6) is 5.75 Å². The molecule has 0 spiro atoms. The maximum absolute atomic E-state index is 12.1. The molecule has 1 heterocycles. The number of hydrogen-bond donors (Lipinski definition) is 2. The lowest BCUT2D eigenvalue weighted by Crippen LogP contribution is -2.22. The van der Waals surface area contributed by atoms with Gasteiger partial charge in [-0.3, -0.25) is 4.79 Å². The van der Waals surface area contributed by atoms with E-state index in [9.17, 15) is 4.79 Å². The summed E-state index contributed by atoms with van der Waals surface area (Å²) in [6, 6.07) is 9.28. The molecule has 0 aliphatic carbocycles. The Kier molecular flexibility index (Phi) is 5.38. The number of carbonyl (C=O) groups is 1. The number of hydrogen-bond acceptors (Lipinski definition) is 4. The number of methoxy groups -OCH3 is 1. The van der Waals surface area contributed by atoms with E-state index >= 15 is 0 Å². The first-order chi connectivity index (χ1) is 10.2. The molecule has 0 saturated carbocycles. The molecule has 108 valence electrons. The van der Waals surface area contributed by atoms with Gasteiger partial charge in [0.15, 0.2) is 0 Å². The zero-order valence-electron chi connectivity index (χ0n) is 11.6. The van der Waals surface area contributed by atoms with E-state index in [0.29, 0.717) is 17.0 Å². The topological polar surface area (TPSA) is 58.6 Å². The molecule has 4 nitrogen and oxygen atoms in total. The molecule has 0 radical (unpaired) electrons. The number of ether oxygens (including phenoxy) is 1. The molecule has 1 amide bonds. The lowest BCUT2D eigenvalue weighted by molar-refractivity contribution is 0.0955. The molecule has 0 atom stereocenters. The highest BCUT2D eigenvalue weighted by atomic mass is 32.1. The van der Waals surface area contributed by atoms with Gasteiger partial charge in [-0.1, -0.05) is 24.0 Å². The normalized spacial score (nSPS) is 9.62. The molecule has 0 saturated heterocycles. The van der Waals surface area contributed by atoms with Gasteiger partial charge >= 0.3 is 0 Å². The van der Waals surface area contributed by atoms with E-state index in [1.807, 2.05) is 29.6 Å². The van der Waals surface area contributed by atoms with E-state index in [2.05, 4.69) is 17.2 Å². The summed E-state index contributed by atoms with van der Waals surface area (Å²) >= 11 is 1.33. The van der Waals surface area contributed by atoms with Crippen molar-refractivity contribution < 1.29 is 14.6 Å². The van der Waals surface area contributed by atoms with Gasteiger partial charge in [0.05, 0.1) is 7.11 Å². The molecule has 2 N–H and O–H groups in total. The van der Waals surface area contributed by atoms with Crippen LogP contribution >= 0.6 is 11.3 Å². The van der Waals surface area contributed by atoms with E-state index in [1.165, 1.54) is 11.3 Å². The maximum Gasteiger partial charge on any atom is 0.262 e. The largest absolute Gasteiger partial charge is 0.497 e. The third-order valence-electron chi connectivity index (χ3n) is 2.79. The minimum atomic E-state index is -0.219. The van der Waals surface area contributed by atoms with Crippen molar-refractivity contribution in [3.63, 3.8) is 0 Å². The number of nitrogens with one attached hydrogen (secondary N) is 1. The quantitative estimate of drug-likeness (QED) is 0.850. The smallest absolute Gasteiger partial charge is 0.262 e. The molecule has 0 unspecified atom stereocenters. The number of benzene rings is 1. The van der Waals surface area contributed by atoms with Crippen LogP contribution in [0, 0.1) is 11.8 Å². The third-order valence-corrected chi connectivity index (χ3v) is 3.70. The Morgan fingerprint density at radius 1 is 1.33 bits per heavy atom. The molecule has 0 aliphatic heterocycles. The van der Waals surface area contributed by atoms with Crippen LogP contribution in [0.25, 0.3) is 0 Å². The van der Waals surface area contributed by atoms with Gasteiger partial charge in [0.1, 0.15) is 17.2 Å². The van der Waals surface area contributed by atoms with Crippen molar-refractivity contribution in [3.05, 3.63) is 51.7 Å². The van der Waals surface area contributed by atoms with Crippen LogP contribution in [0.15, 0.2) is 35.7 Å². The SMILES string of the molecule is COc1ccc(CNC(=O)c2sccc2C#CCO)cc1. The number of thiophene rings is 1. The van der Waals surface area contributed by atoms with Gasteiger partial charge in [-0.25, -0.2) is 0 Å². The van der Waals surface area contributed by atoms with Gasteiger partial charge in [0.25, 0.3) is 5.91 Å². The van der Waals surface area contributed by atoms with Crippen molar-refractivity contribution in [3.8, 4) is 17.6 Å². The molecule has 1 aromatic heterocycles. The highest BCUT2D eigenvalue weighted by Gasteiger charge is 2.11. The van der Waals surface area contributed by atoms with Crippen molar-refractivity contribution in [2.75, 3.05) is 13.7 Å². The van der Waals surface area contributed by atoms with Crippen molar-refractivity contribution in [2.45, 2.75) is 6.54 Å². The summed E-state index contributed by atoms with van der Waals surface area (Å²) in [7, 11) is 1.61. The maximum atomic E-state index is 12.1. The lowest BCUT2D eigenvalue weighted by atomic mass is 10.2. The fraction of sp³-hybridized carbons (Fsp3) is 0.188. The van der Waals surface area contributed by atoms with E-state index in [0.717, 1.165) is 11.3 Å². The standard InChI is InChI=1S/C16H15NO3S/c1-20-14-6-4-12(5-7-14)11-17-16(19)15-13(3-2-9-18)8-10-21-15/h4-8,10,18H,9,11H2,1H3,(H,17,19). The molecule has 0 aliphatic rings. The fourth-order valence-corrected chi connectivity index (χ4v) is 2.49. The third kappa shape index (κ3) is 4.09. The van der Waals surface area contributed by atoms with Crippen molar-refractivity contribution in [2.24, 2.45) is 0 Å². The molecule has 21 heavy (non-hydrogen) atoms. The highest BCUT2D eigenvalue weighted by molar-refractivity contribution is 7.12. The Morgan fingerprint density at radius 2 is 2.10 bits per heavy atom. The fourth-order valence-electron chi connectivity index (χ4n) is 1.72. The molecular formula is C16H15NO3S. The summed E-state index contributed by atoms with van der Waals surface area (Å²) in [6.07, 6.45) is 0. The van der Waals surface area contributed by atoms with E-state index in [1.54, 1.807) is 13.2 Å². The van der Waals surface area contributed by atoms with Crippen LogP contribution in [0.1, 0.15) is 20.8 Å². The number of aliphatic hydroxyl groups excluding tert-OH is 1. The van der Waals surface area contributed by atoms with E-state index in [4.69, 9.17) is 9.84 Å². The number of rotatable bonds is 4. The van der Waals surface area contributed by atoms with E-state index < -0.39 is 0 Å². The van der Waals surface area contributed by atoms with E-state index in [-0.39, 0.29) is 12.5 Å². The summed E-state index contributed by atoms with van der Waals surface area (Å²) in [4.78, 5) is 12.7. The Balaban J connectivity index is 1.99. The van der Waals surface area contributed by atoms with Crippen LogP contribution in [0.4, 0.5) is 0 Å².